The largest absolute Gasteiger partial charge is 0.493 e. The van der Waals surface area contributed by atoms with E-state index in [1.165, 1.54) is 13.2 Å². The Balaban J connectivity index is 1.33. The third-order valence-electron chi connectivity index (χ3n) is 5.71. The van der Waals surface area contributed by atoms with Gasteiger partial charge in [-0.15, -0.1) is 0 Å². The highest BCUT2D eigenvalue weighted by molar-refractivity contribution is 7.10. The first-order chi connectivity index (χ1) is 15.5. The van der Waals surface area contributed by atoms with Crippen molar-refractivity contribution >= 4 is 22.5 Å². The molecule has 0 bridgehead atoms. The third-order valence-corrected chi connectivity index (χ3v) is 6.50. The fourth-order valence-electron chi connectivity index (χ4n) is 3.95. The molecule has 1 aromatic carbocycles. The summed E-state index contributed by atoms with van der Waals surface area (Å²) in [4.78, 5) is 14.6. The summed E-state index contributed by atoms with van der Waals surface area (Å²) in [5.74, 6) is -0.133. The van der Waals surface area contributed by atoms with Crippen LogP contribution in [0, 0.1) is 5.82 Å². The van der Waals surface area contributed by atoms with Crippen LogP contribution in [0.4, 0.5) is 9.39 Å². The number of β-amino-alcohol motifs (C(OH)–C–C–N with tert-alkyl or cyclic N) is 1. The van der Waals surface area contributed by atoms with Crippen molar-refractivity contribution in [1.82, 2.24) is 9.27 Å². The maximum Gasteiger partial charge on any atom is 0.346 e. The van der Waals surface area contributed by atoms with E-state index < -0.39 is 5.97 Å². The molecule has 2 aliphatic rings. The summed E-state index contributed by atoms with van der Waals surface area (Å²) in [6.45, 7) is 3.76. The second-order valence-corrected chi connectivity index (χ2v) is 8.77. The van der Waals surface area contributed by atoms with Crippen LogP contribution in [0.1, 0.15) is 40.7 Å². The molecular weight excluding hydrogens is 437 g/mol. The van der Waals surface area contributed by atoms with Crippen molar-refractivity contribution < 1.29 is 28.5 Å². The molecule has 0 aliphatic carbocycles. The number of nitrogens with zero attached hydrogens (tertiary/aromatic N) is 2. The van der Waals surface area contributed by atoms with Crippen LogP contribution in [0.25, 0.3) is 0 Å². The van der Waals surface area contributed by atoms with Gasteiger partial charge >= 0.3 is 5.97 Å². The SMILES string of the molecule is COC(=O)c1c(OCc2cc3c(cc2F)CCO3)nsc1NCCCCN1CC[C@H](O)C1. The van der Waals surface area contributed by atoms with Gasteiger partial charge in [-0.1, -0.05) is 0 Å². The van der Waals surface area contributed by atoms with Gasteiger partial charge in [-0.3, -0.25) is 0 Å². The first-order valence-corrected chi connectivity index (χ1v) is 11.6. The smallest absolute Gasteiger partial charge is 0.346 e. The third kappa shape index (κ3) is 5.31. The van der Waals surface area contributed by atoms with E-state index in [-0.39, 0.29) is 30.0 Å². The molecule has 1 atom stereocenters. The standard InChI is InChI=1S/C22H28FN3O5S/c1-29-22(28)19-20(31-13-15-11-18-14(5-9-30-18)10-17(15)23)25-32-21(19)24-6-2-3-7-26-8-4-16(27)12-26/h10-11,16,24,27H,2-9,12-13H2,1H3/t16-/m0/s1. The van der Waals surface area contributed by atoms with Crippen molar-refractivity contribution in [2.24, 2.45) is 0 Å². The molecule has 0 amide bonds. The van der Waals surface area contributed by atoms with E-state index in [2.05, 4.69) is 14.6 Å². The minimum atomic E-state index is -0.555. The minimum absolute atomic E-state index is 0.0721. The number of carbonyl (C=O) groups is 1. The topological polar surface area (TPSA) is 93.2 Å². The fraction of sp³-hybridized carbons (Fsp3) is 0.545. The molecule has 3 heterocycles. The highest BCUT2D eigenvalue weighted by atomic mass is 32.1. The Morgan fingerprint density at radius 3 is 3.09 bits per heavy atom. The van der Waals surface area contributed by atoms with Crippen molar-refractivity contribution in [1.29, 1.82) is 0 Å². The number of methoxy groups -OCH3 is 1. The van der Waals surface area contributed by atoms with Gasteiger partial charge in [0.2, 0.25) is 5.88 Å². The summed E-state index contributed by atoms with van der Waals surface area (Å²) in [5, 5.41) is 13.4. The van der Waals surface area contributed by atoms with E-state index >= 15 is 0 Å². The van der Waals surface area contributed by atoms with Crippen LogP contribution in [-0.2, 0) is 17.8 Å². The maximum absolute atomic E-state index is 14.4. The zero-order chi connectivity index (χ0) is 22.5. The maximum atomic E-state index is 14.4. The Labute approximate surface area is 190 Å². The van der Waals surface area contributed by atoms with E-state index in [4.69, 9.17) is 14.2 Å². The first kappa shape index (κ1) is 22.8. The number of likely N-dealkylation sites (tertiary alicyclic amines) is 1. The number of aliphatic hydroxyl groups excluding tert-OH is 1. The number of aromatic nitrogens is 1. The number of nitrogens with one attached hydrogen (secondary N) is 1. The first-order valence-electron chi connectivity index (χ1n) is 10.8. The number of halogens is 1. The van der Waals surface area contributed by atoms with Crippen molar-refractivity contribution in [3.8, 4) is 11.6 Å². The van der Waals surface area contributed by atoms with Gasteiger partial charge in [0, 0.05) is 37.2 Å². The summed E-state index contributed by atoms with van der Waals surface area (Å²) < 4.78 is 34.7. The Bertz CT molecular complexity index is 954. The number of rotatable bonds is 10. The molecule has 0 spiro atoms. The van der Waals surface area contributed by atoms with Crippen molar-refractivity contribution in [3.05, 3.63) is 34.6 Å². The number of fused-ring (bicyclic) bond motifs is 1. The number of unbranched alkanes of at least 4 members (excludes halogenated alkanes) is 1. The second kappa shape index (κ2) is 10.5. The van der Waals surface area contributed by atoms with E-state index in [0.717, 1.165) is 56.0 Å². The van der Waals surface area contributed by atoms with Crippen LogP contribution >= 0.6 is 11.5 Å². The predicted molar refractivity (Wildman–Crippen MR) is 118 cm³/mol. The van der Waals surface area contributed by atoms with Crippen LogP contribution in [0.2, 0.25) is 0 Å². The molecule has 10 heteroatoms. The Morgan fingerprint density at radius 2 is 2.31 bits per heavy atom. The number of anilines is 1. The number of carbonyl (C=O) groups excluding carboxylic acids is 1. The molecule has 1 saturated heterocycles. The predicted octanol–water partition coefficient (Wildman–Crippen LogP) is 2.84. The van der Waals surface area contributed by atoms with E-state index in [1.807, 2.05) is 0 Å². The summed E-state index contributed by atoms with van der Waals surface area (Å²) in [6.07, 6.45) is 3.22. The Morgan fingerprint density at radius 1 is 1.44 bits per heavy atom. The molecule has 4 rings (SSSR count). The summed E-state index contributed by atoms with van der Waals surface area (Å²) in [7, 11) is 1.30. The van der Waals surface area contributed by atoms with Gasteiger partial charge in [-0.2, -0.15) is 4.37 Å². The van der Waals surface area contributed by atoms with Crippen LogP contribution in [-0.4, -0.2) is 66.3 Å². The van der Waals surface area contributed by atoms with E-state index in [1.54, 1.807) is 6.07 Å². The zero-order valence-corrected chi connectivity index (χ0v) is 18.9. The molecule has 0 saturated carbocycles. The lowest BCUT2D eigenvalue weighted by Gasteiger charge is -2.14. The van der Waals surface area contributed by atoms with Gasteiger partial charge < -0.3 is 29.5 Å². The minimum Gasteiger partial charge on any atom is -0.493 e. The molecule has 2 N–H and O–H groups in total. The lowest BCUT2D eigenvalue weighted by Crippen LogP contribution is -2.23. The highest BCUT2D eigenvalue weighted by Gasteiger charge is 2.24. The summed E-state index contributed by atoms with van der Waals surface area (Å²) >= 11 is 1.11. The average molecular weight is 466 g/mol. The van der Waals surface area contributed by atoms with Crippen molar-refractivity contribution in [2.75, 3.05) is 45.2 Å². The molecule has 2 aliphatic heterocycles. The number of ether oxygens (including phenoxy) is 3. The lowest BCUT2D eigenvalue weighted by atomic mass is 10.1. The summed E-state index contributed by atoms with van der Waals surface area (Å²) in [6, 6.07) is 3.11. The summed E-state index contributed by atoms with van der Waals surface area (Å²) in [5.41, 5.74) is 1.41. The highest BCUT2D eigenvalue weighted by Crippen LogP contribution is 2.33. The van der Waals surface area contributed by atoms with Crippen LogP contribution in [0.5, 0.6) is 11.6 Å². The molecule has 0 unspecified atom stereocenters. The van der Waals surface area contributed by atoms with E-state index in [9.17, 15) is 14.3 Å². The van der Waals surface area contributed by atoms with Gasteiger partial charge in [0.25, 0.3) is 0 Å². The van der Waals surface area contributed by atoms with Gasteiger partial charge in [0.15, 0.2) is 5.56 Å². The normalized spacial score (nSPS) is 17.8. The van der Waals surface area contributed by atoms with Crippen molar-refractivity contribution in [3.63, 3.8) is 0 Å². The molecule has 8 nitrogen and oxygen atoms in total. The molecule has 1 fully saturated rings. The fourth-order valence-corrected chi connectivity index (χ4v) is 4.70. The second-order valence-electron chi connectivity index (χ2n) is 8.00. The number of aliphatic hydroxyl groups is 1. The Kier molecular flexibility index (Phi) is 7.44. The molecule has 0 radical (unpaired) electrons. The van der Waals surface area contributed by atoms with Crippen LogP contribution in [0.3, 0.4) is 0 Å². The molecule has 174 valence electrons. The quantitative estimate of drug-likeness (QED) is 0.409. The van der Waals surface area contributed by atoms with Crippen molar-refractivity contribution in [2.45, 2.75) is 38.4 Å². The van der Waals surface area contributed by atoms with Crippen LogP contribution < -0.4 is 14.8 Å². The monoisotopic (exact) mass is 465 g/mol. The number of benzene rings is 1. The van der Waals surface area contributed by atoms with Gasteiger partial charge in [0.05, 0.1) is 19.8 Å². The number of esters is 1. The lowest BCUT2D eigenvalue weighted by molar-refractivity contribution is 0.0596. The van der Waals surface area contributed by atoms with Gasteiger partial charge in [0.1, 0.15) is 23.2 Å². The molecule has 32 heavy (non-hydrogen) atoms. The van der Waals surface area contributed by atoms with Crippen LogP contribution in [0.15, 0.2) is 12.1 Å². The number of hydrogen-bond donors (Lipinski definition) is 2. The van der Waals surface area contributed by atoms with E-state index in [0.29, 0.717) is 35.9 Å². The molecular formula is C22H28FN3O5S. The molecule has 2 aromatic rings. The zero-order valence-electron chi connectivity index (χ0n) is 18.1. The van der Waals surface area contributed by atoms with Gasteiger partial charge in [-0.05, 0) is 49.5 Å². The average Bonchev–Trinajstić information content (AvgIpc) is 3.51. The van der Waals surface area contributed by atoms with Gasteiger partial charge in [-0.25, -0.2) is 9.18 Å². The molecule has 1 aromatic heterocycles. The Hall–Kier alpha value is -2.43. The number of hydrogen-bond acceptors (Lipinski definition) is 9.